The lowest BCUT2D eigenvalue weighted by Crippen LogP contribution is -2.44. The van der Waals surface area contributed by atoms with Crippen molar-refractivity contribution in [3.05, 3.63) is 33.8 Å². The Morgan fingerprint density at radius 2 is 1.89 bits per heavy atom. The van der Waals surface area contributed by atoms with Gasteiger partial charge in [-0.3, -0.25) is 9.59 Å². The first-order chi connectivity index (χ1) is 21.4. The number of esters is 1. The number of carbonyl (C=O) groups excluding carboxylic acids is 2. The van der Waals surface area contributed by atoms with Crippen LogP contribution in [0.5, 0.6) is 0 Å². The van der Waals surface area contributed by atoms with Crippen LogP contribution in [0.2, 0.25) is 10.0 Å². The summed E-state index contributed by atoms with van der Waals surface area (Å²) in [7, 11) is -3.49. The highest BCUT2D eigenvalue weighted by Gasteiger charge is 2.42. The third kappa shape index (κ3) is 7.51. The zero-order valence-electron chi connectivity index (χ0n) is 25.5. The molecule has 1 aliphatic heterocycles. The molecule has 1 aliphatic rings. The van der Waals surface area contributed by atoms with Gasteiger partial charge in [0.15, 0.2) is 5.01 Å². The molecule has 0 saturated carbocycles. The molecule has 0 bridgehead atoms. The normalized spacial score (nSPS) is 16.8. The number of alkyl halides is 3. The number of sulfonamides is 1. The van der Waals surface area contributed by atoms with E-state index in [1.54, 1.807) is 23.5 Å². The quantitative estimate of drug-likeness (QED) is 0.230. The molecule has 2 atom stereocenters. The van der Waals surface area contributed by atoms with Crippen LogP contribution >= 0.6 is 34.5 Å². The van der Waals surface area contributed by atoms with Crippen LogP contribution in [0.15, 0.2) is 21.6 Å². The number of hydrogen-bond acceptors (Lipinski definition) is 10. The molecule has 252 valence electrons. The molecule has 1 fully saturated rings. The van der Waals surface area contributed by atoms with Gasteiger partial charge in [-0.1, -0.05) is 41.3 Å². The fourth-order valence-corrected chi connectivity index (χ4v) is 8.21. The summed E-state index contributed by atoms with van der Waals surface area (Å²) in [6.07, 6.45) is -2.80. The van der Waals surface area contributed by atoms with Gasteiger partial charge in [0.25, 0.3) is 5.91 Å². The van der Waals surface area contributed by atoms with Crippen molar-refractivity contribution in [2.24, 2.45) is 5.41 Å². The van der Waals surface area contributed by atoms with Crippen LogP contribution < -0.4 is 4.72 Å². The van der Waals surface area contributed by atoms with Gasteiger partial charge in [0.05, 0.1) is 27.4 Å². The average molecular weight is 727 g/mol. The molecule has 0 spiro atoms. The first-order valence-electron chi connectivity index (χ1n) is 14.2. The molecule has 46 heavy (non-hydrogen) atoms. The van der Waals surface area contributed by atoms with Crippen molar-refractivity contribution in [1.29, 1.82) is 0 Å². The second-order valence-corrected chi connectivity index (χ2v) is 14.9. The number of thiazole rings is 1. The smallest absolute Gasteiger partial charge is 0.404 e. The lowest BCUT2D eigenvalue weighted by molar-refractivity contribution is -0.152. The van der Waals surface area contributed by atoms with E-state index in [1.165, 1.54) is 20.1 Å². The maximum atomic E-state index is 13.9. The van der Waals surface area contributed by atoms with Gasteiger partial charge in [0, 0.05) is 24.6 Å². The molecule has 2 unspecified atom stereocenters. The van der Waals surface area contributed by atoms with Crippen molar-refractivity contribution in [2.75, 3.05) is 13.7 Å². The molecule has 3 aromatic rings. The van der Waals surface area contributed by atoms with Crippen molar-refractivity contribution < 1.29 is 40.4 Å². The summed E-state index contributed by atoms with van der Waals surface area (Å²) in [5.74, 6) is -0.757. The van der Waals surface area contributed by atoms with Crippen molar-refractivity contribution in [3.8, 4) is 21.3 Å². The molecule has 1 amide bonds. The Bertz CT molecular complexity index is 1730. The number of piperidine rings is 1. The molecule has 1 saturated heterocycles. The van der Waals surface area contributed by atoms with Gasteiger partial charge < -0.3 is 14.2 Å². The lowest BCUT2D eigenvalue weighted by atomic mass is 9.89. The van der Waals surface area contributed by atoms with Crippen LogP contribution in [-0.2, 0) is 26.0 Å². The van der Waals surface area contributed by atoms with Gasteiger partial charge in [-0.05, 0) is 52.5 Å². The fraction of sp³-hybridized carbons (Fsp3) is 0.536. The Hall–Kier alpha value is -2.79. The van der Waals surface area contributed by atoms with E-state index in [4.69, 9.17) is 32.5 Å². The molecule has 18 heteroatoms. The maximum Gasteiger partial charge on any atom is 0.404 e. The van der Waals surface area contributed by atoms with Crippen molar-refractivity contribution in [1.82, 2.24) is 24.7 Å². The van der Waals surface area contributed by atoms with Gasteiger partial charge >= 0.3 is 12.1 Å². The Labute approximate surface area is 277 Å². The molecular formula is C28H32Cl2F3N5O6S2. The average Bonchev–Trinajstić information content (AvgIpc) is 3.63. The van der Waals surface area contributed by atoms with Gasteiger partial charge in [0.1, 0.15) is 16.6 Å². The zero-order valence-corrected chi connectivity index (χ0v) is 28.6. The van der Waals surface area contributed by atoms with E-state index in [0.717, 1.165) is 36.7 Å². The summed E-state index contributed by atoms with van der Waals surface area (Å²) in [6, 6.07) is -0.154. The molecule has 3 heterocycles. The van der Waals surface area contributed by atoms with E-state index >= 15 is 0 Å². The summed E-state index contributed by atoms with van der Waals surface area (Å²) in [4.78, 5) is 36.2. The number of benzene rings is 1. The molecule has 11 nitrogen and oxygen atoms in total. The minimum Gasteiger partial charge on any atom is -0.469 e. The van der Waals surface area contributed by atoms with Gasteiger partial charge in [0.2, 0.25) is 21.7 Å². The number of rotatable bonds is 10. The molecular weight excluding hydrogens is 694 g/mol. The predicted octanol–water partition coefficient (Wildman–Crippen LogP) is 6.54. The first kappa shape index (κ1) is 36.1. The van der Waals surface area contributed by atoms with E-state index < -0.39 is 55.9 Å². The van der Waals surface area contributed by atoms with Gasteiger partial charge in [-0.15, -0.1) is 11.3 Å². The number of nitrogens with zero attached hydrogens (tertiary/aromatic N) is 4. The van der Waals surface area contributed by atoms with E-state index in [9.17, 15) is 31.2 Å². The number of likely N-dealkylation sites (tertiary alicyclic amines) is 1. The van der Waals surface area contributed by atoms with E-state index in [0.29, 0.717) is 6.54 Å². The summed E-state index contributed by atoms with van der Waals surface area (Å²) < 4.78 is 77.8. The molecule has 1 N–H and O–H groups in total. The fourth-order valence-electron chi connectivity index (χ4n) is 4.97. The van der Waals surface area contributed by atoms with Crippen LogP contribution in [0, 0.1) is 5.41 Å². The summed E-state index contributed by atoms with van der Waals surface area (Å²) in [5, 5.41) is 3.30. The highest BCUT2D eigenvalue weighted by molar-refractivity contribution is 7.89. The topological polar surface area (TPSA) is 145 Å². The van der Waals surface area contributed by atoms with Crippen molar-refractivity contribution in [2.45, 2.75) is 83.0 Å². The van der Waals surface area contributed by atoms with Gasteiger partial charge in [-0.2, -0.15) is 22.9 Å². The molecule has 1 aromatic carbocycles. The highest BCUT2D eigenvalue weighted by atomic mass is 35.5. The van der Waals surface area contributed by atoms with Crippen LogP contribution in [0.1, 0.15) is 69.8 Å². The Morgan fingerprint density at radius 1 is 1.20 bits per heavy atom. The van der Waals surface area contributed by atoms with E-state index in [1.807, 2.05) is 6.92 Å². The summed E-state index contributed by atoms with van der Waals surface area (Å²) in [6.45, 7) is 6.89. The van der Waals surface area contributed by atoms with Crippen LogP contribution in [0.3, 0.4) is 0 Å². The number of halogens is 5. The Kier molecular flexibility index (Phi) is 10.8. The number of ether oxygens (including phenoxy) is 1. The standard InChI is InChI=1S/C28H32Cl2F3N5O6S2/c1-6-17(28(31,32)33)37-46(41,42)16-11-10-15(19(29)20(16)30)22-21(25(39)38-12-8-7-9-14(38)2)35-24(45-22)23-34-18(44-36-23)13-27(3,4)26(40)43-5/h10-11,14,17,37H,6-9,12-13H2,1-5H3. The Morgan fingerprint density at radius 3 is 2.50 bits per heavy atom. The van der Waals surface area contributed by atoms with Crippen LogP contribution in [-0.4, -0.2) is 72.2 Å². The summed E-state index contributed by atoms with van der Waals surface area (Å²) >= 11 is 13.9. The van der Waals surface area contributed by atoms with E-state index in [2.05, 4.69) is 15.1 Å². The Balaban J connectivity index is 1.79. The third-order valence-electron chi connectivity index (χ3n) is 7.57. The maximum absolute atomic E-state index is 13.9. The number of hydrogen-bond donors (Lipinski definition) is 1. The monoisotopic (exact) mass is 725 g/mol. The largest absolute Gasteiger partial charge is 0.469 e. The minimum atomic E-state index is -4.83. The van der Waals surface area contributed by atoms with Crippen molar-refractivity contribution in [3.63, 3.8) is 0 Å². The number of methoxy groups -OCH3 is 1. The number of aromatic nitrogens is 3. The summed E-state index contributed by atoms with van der Waals surface area (Å²) in [5.41, 5.74) is -0.873. The van der Waals surface area contributed by atoms with Crippen molar-refractivity contribution >= 4 is 56.4 Å². The highest BCUT2D eigenvalue weighted by Crippen LogP contribution is 2.44. The zero-order chi connectivity index (χ0) is 34.2. The molecule has 0 radical (unpaired) electrons. The number of nitrogens with one attached hydrogen (secondary N) is 1. The second-order valence-electron chi connectivity index (χ2n) is 11.5. The third-order valence-corrected chi connectivity index (χ3v) is 11.2. The SMILES string of the molecule is CCC(NS(=O)(=O)c1ccc(-c2sc(-c3noc(CC(C)(C)C(=O)OC)n3)nc2C(=O)N2CCCCC2C)c(Cl)c1Cl)C(F)(F)F. The molecule has 4 rings (SSSR count). The lowest BCUT2D eigenvalue weighted by Gasteiger charge is -2.33. The first-order valence-corrected chi connectivity index (χ1v) is 17.3. The molecule has 0 aliphatic carbocycles. The van der Waals surface area contributed by atoms with Gasteiger partial charge in [-0.25, -0.2) is 13.4 Å². The van der Waals surface area contributed by atoms with Crippen LogP contribution in [0.25, 0.3) is 21.3 Å². The second kappa shape index (κ2) is 13.7. The van der Waals surface area contributed by atoms with E-state index in [-0.39, 0.29) is 50.3 Å². The number of amides is 1. The minimum absolute atomic E-state index is 0.0233. The number of carbonyl (C=O) groups is 2. The molecule has 2 aromatic heterocycles. The predicted molar refractivity (Wildman–Crippen MR) is 165 cm³/mol. The van der Waals surface area contributed by atoms with Crippen LogP contribution in [0.4, 0.5) is 13.2 Å².